The summed E-state index contributed by atoms with van der Waals surface area (Å²) in [6.45, 7) is 4.08. The van der Waals surface area contributed by atoms with E-state index in [1.54, 1.807) is 7.11 Å². The first-order valence-corrected chi connectivity index (χ1v) is 5.80. The molecule has 0 saturated carbocycles. The third-order valence-electron chi connectivity index (χ3n) is 3.02. The van der Waals surface area contributed by atoms with E-state index in [1.807, 2.05) is 37.3 Å². The van der Waals surface area contributed by atoms with Gasteiger partial charge in [0.1, 0.15) is 17.2 Å². The van der Waals surface area contributed by atoms with E-state index in [0.29, 0.717) is 17.2 Å². The lowest BCUT2D eigenvalue weighted by Crippen LogP contribution is -1.97. The van der Waals surface area contributed by atoms with Crippen LogP contribution in [0.3, 0.4) is 0 Å². The Morgan fingerprint density at radius 1 is 0.889 bits per heavy atom. The van der Waals surface area contributed by atoms with Crippen LogP contribution in [0.1, 0.15) is 11.1 Å². The van der Waals surface area contributed by atoms with Crippen LogP contribution in [-0.2, 0) is 0 Å². The Bertz CT molecular complexity index is 564. The van der Waals surface area contributed by atoms with Gasteiger partial charge >= 0.3 is 0 Å². The van der Waals surface area contributed by atoms with Crippen molar-refractivity contribution in [3.05, 3.63) is 47.5 Å². The van der Waals surface area contributed by atoms with Gasteiger partial charge in [-0.2, -0.15) is 0 Å². The number of para-hydroxylation sites is 1. The Morgan fingerprint density at radius 2 is 1.50 bits per heavy atom. The van der Waals surface area contributed by atoms with Crippen molar-refractivity contribution in [1.29, 1.82) is 0 Å². The fraction of sp³-hybridized carbons (Fsp3) is 0.200. The van der Waals surface area contributed by atoms with E-state index in [9.17, 15) is 0 Å². The van der Waals surface area contributed by atoms with Crippen LogP contribution in [-0.4, -0.2) is 7.11 Å². The molecule has 0 unspecified atom stereocenters. The molecular weight excluding hydrogens is 226 g/mol. The molecule has 0 heterocycles. The Labute approximate surface area is 107 Å². The van der Waals surface area contributed by atoms with Crippen LogP contribution >= 0.6 is 0 Å². The van der Waals surface area contributed by atoms with Crippen LogP contribution in [0, 0.1) is 13.8 Å². The number of hydrogen-bond donors (Lipinski definition) is 1. The lowest BCUT2D eigenvalue weighted by Gasteiger charge is -2.13. The van der Waals surface area contributed by atoms with Crippen molar-refractivity contribution in [2.24, 2.45) is 0 Å². The Kier molecular flexibility index (Phi) is 3.42. The van der Waals surface area contributed by atoms with Gasteiger partial charge < -0.3 is 15.2 Å². The van der Waals surface area contributed by atoms with Crippen LogP contribution in [0.2, 0.25) is 0 Å². The summed E-state index contributed by atoms with van der Waals surface area (Å²) in [7, 11) is 1.59. The predicted octanol–water partition coefficient (Wildman–Crippen LogP) is 3.69. The van der Waals surface area contributed by atoms with Crippen molar-refractivity contribution in [3.8, 4) is 17.2 Å². The molecule has 0 spiro atoms. The van der Waals surface area contributed by atoms with E-state index in [0.717, 1.165) is 11.3 Å². The van der Waals surface area contributed by atoms with Crippen molar-refractivity contribution in [3.63, 3.8) is 0 Å². The highest BCUT2D eigenvalue weighted by molar-refractivity contribution is 5.63. The third-order valence-corrected chi connectivity index (χ3v) is 3.02. The fourth-order valence-corrected chi connectivity index (χ4v) is 1.74. The highest BCUT2D eigenvalue weighted by atomic mass is 16.5. The van der Waals surface area contributed by atoms with E-state index in [4.69, 9.17) is 15.2 Å². The molecule has 0 aromatic heterocycles. The Balaban J connectivity index is 2.37. The number of hydrogen-bond acceptors (Lipinski definition) is 3. The molecule has 0 fully saturated rings. The zero-order valence-corrected chi connectivity index (χ0v) is 10.9. The number of nitrogen functional groups attached to an aromatic ring is 1. The number of aryl methyl sites for hydroxylation is 1. The second kappa shape index (κ2) is 5.00. The van der Waals surface area contributed by atoms with Crippen LogP contribution in [0.15, 0.2) is 36.4 Å². The van der Waals surface area contributed by atoms with E-state index < -0.39 is 0 Å². The van der Waals surface area contributed by atoms with E-state index in [2.05, 4.69) is 13.0 Å². The smallest absolute Gasteiger partial charge is 0.154 e. The number of methoxy groups -OCH3 is 1. The van der Waals surface area contributed by atoms with Gasteiger partial charge in [0.05, 0.1) is 7.11 Å². The summed E-state index contributed by atoms with van der Waals surface area (Å²) in [6.07, 6.45) is 0. The normalized spacial score (nSPS) is 10.2. The molecule has 2 N–H and O–H groups in total. The lowest BCUT2D eigenvalue weighted by molar-refractivity contribution is 0.412. The van der Waals surface area contributed by atoms with Crippen molar-refractivity contribution in [2.75, 3.05) is 12.8 Å². The highest BCUT2D eigenvalue weighted by Crippen LogP contribution is 2.35. The van der Waals surface area contributed by atoms with Crippen molar-refractivity contribution in [2.45, 2.75) is 13.8 Å². The average molecular weight is 243 g/mol. The van der Waals surface area contributed by atoms with Crippen LogP contribution < -0.4 is 15.2 Å². The summed E-state index contributed by atoms with van der Waals surface area (Å²) in [5.74, 6) is 2.05. The molecule has 3 heteroatoms. The fourth-order valence-electron chi connectivity index (χ4n) is 1.74. The van der Waals surface area contributed by atoms with Gasteiger partial charge in [0, 0.05) is 0 Å². The van der Waals surface area contributed by atoms with Gasteiger partial charge in [0.15, 0.2) is 5.75 Å². The predicted molar refractivity (Wildman–Crippen MR) is 73.4 cm³/mol. The van der Waals surface area contributed by atoms with E-state index in [1.165, 1.54) is 5.56 Å². The first-order valence-electron chi connectivity index (χ1n) is 5.80. The quantitative estimate of drug-likeness (QED) is 0.836. The lowest BCUT2D eigenvalue weighted by atomic mass is 10.1. The molecule has 0 amide bonds. The van der Waals surface area contributed by atoms with Crippen molar-refractivity contribution >= 4 is 5.69 Å². The third kappa shape index (κ3) is 2.25. The maximum Gasteiger partial charge on any atom is 0.154 e. The number of ether oxygens (including phenoxy) is 2. The Morgan fingerprint density at radius 3 is 2.22 bits per heavy atom. The maximum absolute atomic E-state index is 5.98. The summed E-state index contributed by atoms with van der Waals surface area (Å²) < 4.78 is 11.0. The molecule has 2 aromatic carbocycles. The molecule has 94 valence electrons. The molecule has 2 aromatic rings. The summed E-state index contributed by atoms with van der Waals surface area (Å²) in [4.78, 5) is 0. The first-order chi connectivity index (χ1) is 8.63. The minimum atomic E-state index is 0.515. The van der Waals surface area contributed by atoms with Crippen molar-refractivity contribution < 1.29 is 9.47 Å². The number of nitrogens with two attached hydrogens (primary N) is 1. The molecule has 0 atom stereocenters. The SMILES string of the molecule is COc1cccc(Oc2cccc(C)c2C)c1N. The van der Waals surface area contributed by atoms with Gasteiger partial charge in [-0.3, -0.25) is 0 Å². The molecule has 0 bridgehead atoms. The topological polar surface area (TPSA) is 44.5 Å². The summed E-state index contributed by atoms with van der Waals surface area (Å²) >= 11 is 0. The summed E-state index contributed by atoms with van der Waals surface area (Å²) in [5, 5.41) is 0. The molecule has 0 aliphatic rings. The highest BCUT2D eigenvalue weighted by Gasteiger charge is 2.09. The molecule has 0 radical (unpaired) electrons. The number of rotatable bonds is 3. The number of anilines is 1. The molecule has 3 nitrogen and oxygen atoms in total. The largest absolute Gasteiger partial charge is 0.494 e. The Hall–Kier alpha value is -2.16. The molecule has 0 aliphatic heterocycles. The van der Waals surface area contributed by atoms with Crippen LogP contribution in [0.25, 0.3) is 0 Å². The average Bonchev–Trinajstić information content (AvgIpc) is 2.37. The monoisotopic (exact) mass is 243 g/mol. The molecule has 2 rings (SSSR count). The molecule has 0 saturated heterocycles. The van der Waals surface area contributed by atoms with E-state index >= 15 is 0 Å². The van der Waals surface area contributed by atoms with Gasteiger partial charge in [-0.15, -0.1) is 0 Å². The second-order valence-corrected chi connectivity index (χ2v) is 4.17. The van der Waals surface area contributed by atoms with Gasteiger partial charge in [0.2, 0.25) is 0 Å². The second-order valence-electron chi connectivity index (χ2n) is 4.17. The standard InChI is InChI=1S/C15H17NO2/c1-10-6-4-7-12(11(10)2)18-14-9-5-8-13(17-3)15(14)16/h4-9H,16H2,1-3H3. The van der Waals surface area contributed by atoms with Crippen LogP contribution in [0.5, 0.6) is 17.2 Å². The minimum Gasteiger partial charge on any atom is -0.494 e. The first kappa shape index (κ1) is 12.3. The van der Waals surface area contributed by atoms with Gasteiger partial charge in [-0.1, -0.05) is 18.2 Å². The molecule has 18 heavy (non-hydrogen) atoms. The van der Waals surface area contributed by atoms with Crippen LogP contribution in [0.4, 0.5) is 5.69 Å². The van der Waals surface area contributed by atoms with Crippen molar-refractivity contribution in [1.82, 2.24) is 0 Å². The van der Waals surface area contributed by atoms with Gasteiger partial charge in [-0.05, 0) is 43.2 Å². The minimum absolute atomic E-state index is 0.515. The molecule has 0 aliphatic carbocycles. The zero-order chi connectivity index (χ0) is 13.1. The maximum atomic E-state index is 5.98. The zero-order valence-electron chi connectivity index (χ0n) is 10.9. The summed E-state index contributed by atoms with van der Waals surface area (Å²) in [6, 6.07) is 11.5. The summed E-state index contributed by atoms with van der Waals surface area (Å²) in [5.41, 5.74) is 8.79. The number of benzene rings is 2. The van der Waals surface area contributed by atoms with Gasteiger partial charge in [-0.25, -0.2) is 0 Å². The van der Waals surface area contributed by atoms with E-state index in [-0.39, 0.29) is 0 Å². The molecular formula is C15H17NO2. The van der Waals surface area contributed by atoms with Gasteiger partial charge in [0.25, 0.3) is 0 Å².